The standard InChI is InChI=1S/C12H16INO4S/c1-8(2)7-14(3)19(17,18)9-4-5-11(13)10(6-9)12(15)16/h4-6,8H,7H2,1-3H3,(H,15,16). The lowest BCUT2D eigenvalue weighted by Gasteiger charge is -2.19. The third-order valence-corrected chi connectivity index (χ3v) is 5.26. The Morgan fingerprint density at radius 3 is 2.47 bits per heavy atom. The lowest BCUT2D eigenvalue weighted by atomic mass is 10.2. The van der Waals surface area contributed by atoms with Gasteiger partial charge in [0.15, 0.2) is 0 Å². The molecule has 19 heavy (non-hydrogen) atoms. The first-order chi connectivity index (χ1) is 8.66. The van der Waals surface area contributed by atoms with Gasteiger partial charge in [-0.2, -0.15) is 0 Å². The molecule has 0 aliphatic heterocycles. The fraction of sp³-hybridized carbons (Fsp3) is 0.417. The number of rotatable bonds is 5. The van der Waals surface area contributed by atoms with Gasteiger partial charge in [-0.15, -0.1) is 0 Å². The molecule has 1 aromatic rings. The summed E-state index contributed by atoms with van der Waals surface area (Å²) in [6, 6.07) is 4.14. The van der Waals surface area contributed by atoms with E-state index >= 15 is 0 Å². The van der Waals surface area contributed by atoms with Crippen LogP contribution in [0.1, 0.15) is 24.2 Å². The van der Waals surface area contributed by atoms with Crippen molar-refractivity contribution in [3.63, 3.8) is 0 Å². The van der Waals surface area contributed by atoms with Crippen molar-refractivity contribution in [3.05, 3.63) is 27.3 Å². The van der Waals surface area contributed by atoms with E-state index in [1.165, 1.54) is 29.6 Å². The lowest BCUT2D eigenvalue weighted by Crippen LogP contribution is -2.30. The molecule has 0 aliphatic rings. The van der Waals surface area contributed by atoms with Gasteiger partial charge in [0.05, 0.1) is 10.5 Å². The maximum absolute atomic E-state index is 12.3. The Kier molecular flexibility index (Phi) is 5.34. The number of hydrogen-bond acceptors (Lipinski definition) is 3. The molecule has 0 atom stereocenters. The van der Waals surface area contributed by atoms with Crippen LogP contribution in [0.25, 0.3) is 0 Å². The predicted octanol–water partition coefficient (Wildman–Crippen LogP) is 2.27. The third kappa shape index (κ3) is 3.90. The molecule has 0 heterocycles. The highest BCUT2D eigenvalue weighted by Gasteiger charge is 2.23. The second-order valence-corrected chi connectivity index (χ2v) is 7.83. The second-order valence-electron chi connectivity index (χ2n) is 4.63. The number of carboxylic acid groups (broad SMARTS) is 1. The second kappa shape index (κ2) is 6.19. The topological polar surface area (TPSA) is 74.7 Å². The summed E-state index contributed by atoms with van der Waals surface area (Å²) < 4.78 is 26.3. The summed E-state index contributed by atoms with van der Waals surface area (Å²) in [6.07, 6.45) is 0. The predicted molar refractivity (Wildman–Crippen MR) is 80.8 cm³/mol. The van der Waals surface area contributed by atoms with Crippen molar-refractivity contribution in [2.45, 2.75) is 18.7 Å². The van der Waals surface area contributed by atoms with E-state index in [9.17, 15) is 13.2 Å². The van der Waals surface area contributed by atoms with Crippen LogP contribution in [0.5, 0.6) is 0 Å². The van der Waals surface area contributed by atoms with Crippen LogP contribution in [-0.2, 0) is 10.0 Å². The van der Waals surface area contributed by atoms with Crippen LogP contribution in [0.2, 0.25) is 0 Å². The lowest BCUT2D eigenvalue weighted by molar-refractivity contribution is 0.0695. The summed E-state index contributed by atoms with van der Waals surface area (Å²) in [7, 11) is -2.15. The molecule has 0 aromatic heterocycles. The van der Waals surface area contributed by atoms with Crippen molar-refractivity contribution in [1.82, 2.24) is 4.31 Å². The van der Waals surface area contributed by atoms with E-state index in [-0.39, 0.29) is 16.4 Å². The van der Waals surface area contributed by atoms with Crippen molar-refractivity contribution in [1.29, 1.82) is 0 Å². The van der Waals surface area contributed by atoms with Gasteiger partial charge in [-0.3, -0.25) is 0 Å². The SMILES string of the molecule is CC(C)CN(C)S(=O)(=O)c1ccc(I)c(C(=O)O)c1. The van der Waals surface area contributed by atoms with Crippen molar-refractivity contribution in [3.8, 4) is 0 Å². The highest BCUT2D eigenvalue weighted by molar-refractivity contribution is 14.1. The minimum Gasteiger partial charge on any atom is -0.478 e. The average Bonchev–Trinajstić information content (AvgIpc) is 2.27. The number of nitrogens with zero attached hydrogens (tertiary/aromatic N) is 1. The van der Waals surface area contributed by atoms with Gasteiger partial charge in [-0.25, -0.2) is 17.5 Å². The van der Waals surface area contributed by atoms with Crippen molar-refractivity contribution in [2.75, 3.05) is 13.6 Å². The molecule has 1 rings (SSSR count). The molecule has 1 N–H and O–H groups in total. The summed E-state index contributed by atoms with van der Waals surface area (Å²) in [5.41, 5.74) is -0.000350. The third-order valence-electron chi connectivity index (χ3n) is 2.50. The largest absolute Gasteiger partial charge is 0.478 e. The zero-order valence-corrected chi connectivity index (χ0v) is 13.9. The van der Waals surface area contributed by atoms with Crippen LogP contribution in [0.15, 0.2) is 23.1 Å². The maximum atomic E-state index is 12.3. The molecule has 0 bridgehead atoms. The van der Waals surface area contributed by atoms with Crippen molar-refractivity contribution < 1.29 is 18.3 Å². The molecule has 0 fully saturated rings. The first-order valence-corrected chi connectivity index (χ1v) is 8.17. The number of sulfonamides is 1. The van der Waals surface area contributed by atoms with Gasteiger partial charge >= 0.3 is 5.97 Å². The van der Waals surface area contributed by atoms with E-state index in [0.717, 1.165) is 0 Å². The maximum Gasteiger partial charge on any atom is 0.336 e. The first kappa shape index (κ1) is 16.4. The fourth-order valence-electron chi connectivity index (χ4n) is 1.62. The van der Waals surface area contributed by atoms with Crippen LogP contribution in [-0.4, -0.2) is 37.4 Å². The van der Waals surface area contributed by atoms with Crippen molar-refractivity contribution in [2.24, 2.45) is 5.92 Å². The molecule has 106 valence electrons. The van der Waals surface area contributed by atoms with Crippen LogP contribution >= 0.6 is 22.6 Å². The minimum atomic E-state index is -3.64. The molecule has 5 nitrogen and oxygen atoms in total. The summed E-state index contributed by atoms with van der Waals surface area (Å²) in [6.45, 7) is 4.22. The van der Waals surface area contributed by atoms with Gasteiger partial charge in [0, 0.05) is 17.2 Å². The number of carboxylic acids is 1. The Morgan fingerprint density at radius 2 is 2.00 bits per heavy atom. The number of halogens is 1. The van der Waals surface area contributed by atoms with Crippen LogP contribution < -0.4 is 0 Å². The Bertz CT molecular complexity index is 583. The van der Waals surface area contributed by atoms with E-state index in [2.05, 4.69) is 0 Å². The van der Waals surface area contributed by atoms with Gasteiger partial charge in [0.2, 0.25) is 10.0 Å². The quantitative estimate of drug-likeness (QED) is 0.774. The molecule has 0 saturated carbocycles. The molecule has 0 saturated heterocycles. The Labute approximate surface area is 126 Å². The normalized spacial score (nSPS) is 12.1. The van der Waals surface area contributed by atoms with Crippen LogP contribution in [0.4, 0.5) is 0 Å². The molecular formula is C12H16INO4S. The zero-order chi connectivity index (χ0) is 14.8. The molecule has 0 amide bonds. The highest BCUT2D eigenvalue weighted by Crippen LogP contribution is 2.21. The number of carbonyl (C=O) groups is 1. The van der Waals surface area contributed by atoms with E-state index < -0.39 is 16.0 Å². The van der Waals surface area contributed by atoms with Gasteiger partial charge in [0.1, 0.15) is 0 Å². The Hall–Kier alpha value is -0.670. The van der Waals surface area contributed by atoms with E-state index in [1.807, 2.05) is 36.4 Å². The van der Waals surface area contributed by atoms with Gasteiger partial charge in [-0.05, 0) is 46.7 Å². The first-order valence-electron chi connectivity index (χ1n) is 5.65. The zero-order valence-electron chi connectivity index (χ0n) is 10.9. The molecular weight excluding hydrogens is 381 g/mol. The average molecular weight is 397 g/mol. The monoisotopic (exact) mass is 397 g/mol. The minimum absolute atomic E-state index is 0.000350. The molecule has 0 radical (unpaired) electrons. The fourth-order valence-corrected chi connectivity index (χ4v) is 3.55. The smallest absolute Gasteiger partial charge is 0.336 e. The highest BCUT2D eigenvalue weighted by atomic mass is 127. The number of benzene rings is 1. The van der Waals surface area contributed by atoms with Gasteiger partial charge < -0.3 is 5.11 Å². The van der Waals surface area contributed by atoms with Gasteiger partial charge in [0.25, 0.3) is 0 Å². The van der Waals surface area contributed by atoms with E-state index in [0.29, 0.717) is 10.1 Å². The van der Waals surface area contributed by atoms with Crippen LogP contribution in [0, 0.1) is 9.49 Å². The molecule has 7 heteroatoms. The molecule has 0 unspecified atom stereocenters. The summed E-state index contributed by atoms with van der Waals surface area (Å²) in [5.74, 6) is -0.935. The van der Waals surface area contributed by atoms with Crippen molar-refractivity contribution >= 4 is 38.6 Å². The Morgan fingerprint density at radius 1 is 1.42 bits per heavy atom. The number of aromatic carboxylic acids is 1. The molecule has 0 spiro atoms. The Balaban J connectivity index is 3.22. The van der Waals surface area contributed by atoms with Crippen LogP contribution in [0.3, 0.4) is 0 Å². The molecule has 0 aliphatic carbocycles. The molecule has 1 aromatic carbocycles. The summed E-state index contributed by atoms with van der Waals surface area (Å²) >= 11 is 1.87. The summed E-state index contributed by atoms with van der Waals surface area (Å²) in [5, 5.41) is 9.03. The summed E-state index contributed by atoms with van der Waals surface area (Å²) in [4.78, 5) is 11.0. The van der Waals surface area contributed by atoms with E-state index in [4.69, 9.17) is 5.11 Å². The number of hydrogen-bond donors (Lipinski definition) is 1. The van der Waals surface area contributed by atoms with Gasteiger partial charge in [-0.1, -0.05) is 13.8 Å². The van der Waals surface area contributed by atoms with E-state index in [1.54, 1.807) is 0 Å².